The summed E-state index contributed by atoms with van der Waals surface area (Å²) in [5.41, 5.74) is 1.43. The summed E-state index contributed by atoms with van der Waals surface area (Å²) in [5.74, 6) is -0.462. The zero-order valence-corrected chi connectivity index (χ0v) is 10.0. The van der Waals surface area contributed by atoms with Crippen LogP contribution >= 0.6 is 0 Å². The van der Waals surface area contributed by atoms with Gasteiger partial charge in [0.15, 0.2) is 0 Å². The third-order valence-electron chi connectivity index (χ3n) is 2.72. The predicted octanol–water partition coefficient (Wildman–Crippen LogP) is 2.56. The van der Waals surface area contributed by atoms with Crippen molar-refractivity contribution in [2.75, 3.05) is 6.61 Å². The van der Waals surface area contributed by atoms with Gasteiger partial charge in [-0.05, 0) is 26.0 Å². The number of H-pyrrole nitrogens is 1. The summed E-state index contributed by atoms with van der Waals surface area (Å²) in [6.07, 6.45) is 0. The molecule has 0 aliphatic heterocycles. The van der Waals surface area contributed by atoms with Gasteiger partial charge in [-0.25, -0.2) is 4.79 Å². The van der Waals surface area contributed by atoms with Gasteiger partial charge in [-0.3, -0.25) is 10.1 Å². The number of aromatic amines is 1. The number of aryl methyl sites for hydroxylation is 1. The third-order valence-corrected chi connectivity index (χ3v) is 2.72. The number of nitro benzene ring substituents is 1. The molecular weight excluding hydrogens is 236 g/mol. The van der Waals surface area contributed by atoms with Gasteiger partial charge in [0.05, 0.1) is 22.6 Å². The van der Waals surface area contributed by atoms with E-state index in [4.69, 9.17) is 4.74 Å². The van der Waals surface area contributed by atoms with Crippen molar-refractivity contribution >= 4 is 22.6 Å². The van der Waals surface area contributed by atoms with Gasteiger partial charge >= 0.3 is 5.97 Å². The van der Waals surface area contributed by atoms with Crippen LogP contribution in [0.25, 0.3) is 10.9 Å². The van der Waals surface area contributed by atoms with Crippen LogP contribution in [0.5, 0.6) is 0 Å². The van der Waals surface area contributed by atoms with E-state index >= 15 is 0 Å². The summed E-state index contributed by atoms with van der Waals surface area (Å²) in [5, 5.41) is 11.6. The molecule has 1 N–H and O–H groups in total. The summed E-state index contributed by atoms with van der Waals surface area (Å²) in [7, 11) is 0. The molecule has 0 amide bonds. The lowest BCUT2D eigenvalue weighted by molar-refractivity contribution is -0.385. The lowest BCUT2D eigenvalue weighted by atomic mass is 10.1. The first-order valence-electron chi connectivity index (χ1n) is 5.48. The number of hydrogen-bond acceptors (Lipinski definition) is 4. The van der Waals surface area contributed by atoms with Crippen LogP contribution in [0.4, 0.5) is 5.69 Å². The Hall–Kier alpha value is -2.37. The van der Waals surface area contributed by atoms with E-state index < -0.39 is 10.9 Å². The molecule has 6 heteroatoms. The van der Waals surface area contributed by atoms with Crippen LogP contribution in [0, 0.1) is 17.0 Å². The molecule has 0 aliphatic carbocycles. The smallest absolute Gasteiger partial charge is 0.354 e. The number of nitro groups is 1. The van der Waals surface area contributed by atoms with Gasteiger partial charge in [-0.2, -0.15) is 0 Å². The summed E-state index contributed by atoms with van der Waals surface area (Å²) >= 11 is 0. The van der Waals surface area contributed by atoms with Crippen LogP contribution in [-0.4, -0.2) is 22.5 Å². The first-order valence-corrected chi connectivity index (χ1v) is 5.48. The number of ether oxygens (including phenoxy) is 1. The van der Waals surface area contributed by atoms with Crippen molar-refractivity contribution < 1.29 is 14.5 Å². The van der Waals surface area contributed by atoms with Crippen LogP contribution in [0.2, 0.25) is 0 Å². The topological polar surface area (TPSA) is 85.2 Å². The minimum absolute atomic E-state index is 0.0276. The van der Waals surface area contributed by atoms with Gasteiger partial charge in [0.2, 0.25) is 0 Å². The normalized spacial score (nSPS) is 10.6. The monoisotopic (exact) mass is 248 g/mol. The average Bonchev–Trinajstić information content (AvgIpc) is 2.74. The Kier molecular flexibility index (Phi) is 3.01. The summed E-state index contributed by atoms with van der Waals surface area (Å²) in [6.45, 7) is 3.65. The van der Waals surface area contributed by atoms with Crippen molar-refractivity contribution in [1.82, 2.24) is 4.98 Å². The molecule has 2 aromatic rings. The maximum atomic E-state index is 11.6. The lowest BCUT2D eigenvalue weighted by Crippen LogP contribution is -2.04. The Balaban J connectivity index is 2.55. The lowest BCUT2D eigenvalue weighted by Gasteiger charge is -1.98. The number of carbonyl (C=O) groups excluding carboxylic acids is 1. The molecule has 0 radical (unpaired) electrons. The number of aromatic nitrogens is 1. The minimum Gasteiger partial charge on any atom is -0.461 e. The van der Waals surface area contributed by atoms with E-state index in [1.165, 1.54) is 6.07 Å². The van der Waals surface area contributed by atoms with E-state index in [1.54, 1.807) is 26.0 Å². The van der Waals surface area contributed by atoms with E-state index in [1.807, 2.05) is 0 Å². The highest BCUT2D eigenvalue weighted by atomic mass is 16.6. The number of nitrogens with zero attached hydrogens (tertiary/aromatic N) is 1. The fourth-order valence-corrected chi connectivity index (χ4v) is 1.85. The maximum absolute atomic E-state index is 11.6. The van der Waals surface area contributed by atoms with Crippen LogP contribution in [-0.2, 0) is 4.74 Å². The van der Waals surface area contributed by atoms with Crippen LogP contribution in [0.1, 0.15) is 23.0 Å². The van der Waals surface area contributed by atoms with Crippen LogP contribution in [0.15, 0.2) is 18.2 Å². The fourth-order valence-electron chi connectivity index (χ4n) is 1.85. The summed E-state index contributed by atoms with van der Waals surface area (Å²) in [6, 6.07) is 4.67. The Bertz CT molecular complexity index is 630. The Morgan fingerprint density at radius 3 is 2.83 bits per heavy atom. The second kappa shape index (κ2) is 4.48. The summed E-state index contributed by atoms with van der Waals surface area (Å²) < 4.78 is 4.87. The number of esters is 1. The SMILES string of the molecule is CCOC(=O)c1cc2ccc([N+](=O)[O-])c(C)c2[nH]1. The second-order valence-corrected chi connectivity index (χ2v) is 3.83. The van der Waals surface area contributed by atoms with Crippen molar-refractivity contribution in [3.63, 3.8) is 0 Å². The number of rotatable bonds is 3. The van der Waals surface area contributed by atoms with E-state index in [-0.39, 0.29) is 12.3 Å². The number of benzene rings is 1. The Morgan fingerprint density at radius 1 is 1.50 bits per heavy atom. The molecule has 94 valence electrons. The van der Waals surface area contributed by atoms with Crippen molar-refractivity contribution in [3.8, 4) is 0 Å². The molecule has 0 saturated carbocycles. The highest BCUT2D eigenvalue weighted by Gasteiger charge is 2.17. The number of nitrogens with one attached hydrogen (secondary N) is 1. The molecule has 0 bridgehead atoms. The molecule has 0 unspecified atom stereocenters. The third kappa shape index (κ3) is 1.92. The van der Waals surface area contributed by atoms with Crippen molar-refractivity contribution in [3.05, 3.63) is 39.6 Å². The second-order valence-electron chi connectivity index (χ2n) is 3.83. The number of carbonyl (C=O) groups is 1. The van der Waals surface area contributed by atoms with E-state index in [0.717, 1.165) is 5.39 Å². The molecule has 1 heterocycles. The highest BCUT2D eigenvalue weighted by Crippen LogP contribution is 2.27. The largest absolute Gasteiger partial charge is 0.461 e. The predicted molar refractivity (Wildman–Crippen MR) is 65.6 cm³/mol. The van der Waals surface area contributed by atoms with Gasteiger partial charge in [0.25, 0.3) is 5.69 Å². The van der Waals surface area contributed by atoms with E-state index in [0.29, 0.717) is 16.8 Å². The molecule has 0 fully saturated rings. The molecular formula is C12H12N2O4. The molecule has 0 spiro atoms. The van der Waals surface area contributed by atoms with Gasteiger partial charge in [-0.15, -0.1) is 0 Å². The van der Waals surface area contributed by atoms with Gasteiger partial charge in [0, 0.05) is 11.5 Å². The average molecular weight is 248 g/mol. The maximum Gasteiger partial charge on any atom is 0.354 e. The summed E-state index contributed by atoms with van der Waals surface area (Å²) in [4.78, 5) is 24.8. The Labute approximate surface area is 103 Å². The van der Waals surface area contributed by atoms with Crippen molar-refractivity contribution in [1.29, 1.82) is 0 Å². The zero-order valence-electron chi connectivity index (χ0n) is 10.0. The van der Waals surface area contributed by atoms with Crippen LogP contribution in [0.3, 0.4) is 0 Å². The van der Waals surface area contributed by atoms with Crippen molar-refractivity contribution in [2.45, 2.75) is 13.8 Å². The quantitative estimate of drug-likeness (QED) is 0.514. The van der Waals surface area contributed by atoms with Gasteiger partial charge in [-0.1, -0.05) is 0 Å². The van der Waals surface area contributed by atoms with Gasteiger partial charge in [0.1, 0.15) is 5.69 Å². The molecule has 6 nitrogen and oxygen atoms in total. The van der Waals surface area contributed by atoms with Gasteiger partial charge < -0.3 is 9.72 Å². The highest BCUT2D eigenvalue weighted by molar-refractivity contribution is 5.96. The first kappa shape index (κ1) is 12.1. The van der Waals surface area contributed by atoms with Crippen LogP contribution < -0.4 is 0 Å². The van der Waals surface area contributed by atoms with E-state index in [2.05, 4.69) is 4.98 Å². The van der Waals surface area contributed by atoms with E-state index in [9.17, 15) is 14.9 Å². The standard InChI is InChI=1S/C12H12N2O4/c1-3-18-12(15)9-6-8-4-5-10(14(16)17)7(2)11(8)13-9/h4-6,13H,3H2,1-2H3. The van der Waals surface area contributed by atoms with Crippen molar-refractivity contribution in [2.24, 2.45) is 0 Å². The minimum atomic E-state index is -0.462. The number of fused-ring (bicyclic) bond motifs is 1. The molecule has 1 aromatic carbocycles. The Morgan fingerprint density at radius 2 is 2.22 bits per heavy atom. The molecule has 0 atom stereocenters. The first-order chi connectivity index (χ1) is 8.54. The molecule has 1 aromatic heterocycles. The fraction of sp³-hybridized carbons (Fsp3) is 0.250. The molecule has 2 rings (SSSR count). The molecule has 0 saturated heterocycles. The molecule has 18 heavy (non-hydrogen) atoms. The molecule has 0 aliphatic rings. The number of hydrogen-bond donors (Lipinski definition) is 1. The zero-order chi connectivity index (χ0) is 13.3.